The lowest BCUT2D eigenvalue weighted by molar-refractivity contribution is -0.141. The second-order valence-corrected chi connectivity index (χ2v) is 19.8. The molecule has 5 aliphatic rings. The van der Waals surface area contributed by atoms with Gasteiger partial charge in [-0.3, -0.25) is 34.2 Å². The number of likely N-dealkylation sites (tertiary alicyclic amines) is 1. The monoisotopic (exact) mass is 899 g/mol. The molecule has 5 heterocycles. The van der Waals surface area contributed by atoms with Crippen LogP contribution in [0.4, 0.5) is 24.5 Å². The van der Waals surface area contributed by atoms with Crippen LogP contribution in [0.1, 0.15) is 137 Å². The van der Waals surface area contributed by atoms with Crippen LogP contribution in [0.15, 0.2) is 48.5 Å². The number of anilines is 2. The van der Waals surface area contributed by atoms with Gasteiger partial charge in [0.15, 0.2) is 0 Å². The SMILES string of the molecule is CC(O)C(C)c1cc2nc([C@H]3CC[C@H](CN4CCC5(CC4)CC(CNc4cccc6c4C(=O)N(C4CCC(=O)NC4=O)C6=O)C5)CC3)sc2cc1NC(=O)c1cccc(C(F)(F)F)n1. The molecule has 3 aliphatic heterocycles. The molecule has 338 valence electrons. The lowest BCUT2D eigenvalue weighted by Gasteiger charge is -2.53. The van der Waals surface area contributed by atoms with Gasteiger partial charge in [-0.25, -0.2) is 9.97 Å². The third-order valence-electron chi connectivity index (χ3n) is 14.4. The molecule has 17 heteroatoms. The number of aromatic nitrogens is 2. The number of imide groups is 2. The van der Waals surface area contributed by atoms with Crippen LogP contribution < -0.4 is 16.0 Å². The van der Waals surface area contributed by atoms with E-state index in [1.807, 2.05) is 25.1 Å². The molecule has 0 bridgehead atoms. The summed E-state index contributed by atoms with van der Waals surface area (Å²) in [5.41, 5.74) is 1.84. The van der Waals surface area contributed by atoms with Gasteiger partial charge in [0, 0.05) is 42.7 Å². The number of thiazole rings is 1. The van der Waals surface area contributed by atoms with E-state index in [9.17, 15) is 42.3 Å². The average Bonchev–Trinajstić information content (AvgIpc) is 3.79. The summed E-state index contributed by atoms with van der Waals surface area (Å²) in [5.74, 6) is -1.81. The van der Waals surface area contributed by atoms with E-state index in [-0.39, 0.29) is 30.0 Å². The highest BCUT2D eigenvalue weighted by Crippen LogP contribution is 2.53. The number of pyridine rings is 1. The number of halogens is 3. The van der Waals surface area contributed by atoms with Gasteiger partial charge < -0.3 is 20.6 Å². The van der Waals surface area contributed by atoms with E-state index < -0.39 is 53.6 Å². The average molecular weight is 900 g/mol. The van der Waals surface area contributed by atoms with Crippen LogP contribution in [0, 0.1) is 17.3 Å². The number of aliphatic hydroxyl groups is 1. The minimum atomic E-state index is -4.68. The Morgan fingerprint density at radius 2 is 1.67 bits per heavy atom. The number of carbonyl (C=O) groups is 5. The molecule has 2 aliphatic carbocycles. The fourth-order valence-corrected chi connectivity index (χ4v) is 11.8. The van der Waals surface area contributed by atoms with Crippen molar-refractivity contribution in [3.05, 3.63) is 81.6 Å². The molecule has 3 unspecified atom stereocenters. The van der Waals surface area contributed by atoms with E-state index in [1.165, 1.54) is 6.07 Å². The van der Waals surface area contributed by atoms with Gasteiger partial charge in [0.2, 0.25) is 11.8 Å². The van der Waals surface area contributed by atoms with Crippen LogP contribution in [0.2, 0.25) is 0 Å². The van der Waals surface area contributed by atoms with Crippen molar-refractivity contribution < 1.29 is 42.3 Å². The van der Waals surface area contributed by atoms with E-state index >= 15 is 0 Å². The largest absolute Gasteiger partial charge is 0.433 e. The number of nitrogens with one attached hydrogen (secondary N) is 3. The highest BCUT2D eigenvalue weighted by molar-refractivity contribution is 7.18. The standard InChI is InChI=1S/C47H52F3N7O6S/c1-25(26(2)58)31-19-35-37(20-34(31)53-41(60)33-7-4-8-38(52-33)47(48,49)50)64-43(54-35)29-11-9-27(10-12-29)24-56-17-15-46(16-18-56)21-28(22-46)23-51-32-6-3-5-30-40(32)45(63)57(44(30)62)36-13-14-39(59)55-42(36)61/h3-8,19-20,25-29,36,51,58H,9-18,21-24H2,1-2H3,(H,53,60)(H,55,59,61)/t25?,26?,27-,29-,36?. The van der Waals surface area contributed by atoms with Crippen molar-refractivity contribution in [2.45, 2.75) is 108 Å². The van der Waals surface area contributed by atoms with Crippen molar-refractivity contribution in [2.75, 3.05) is 36.8 Å². The molecule has 0 radical (unpaired) electrons. The third kappa shape index (κ3) is 8.65. The van der Waals surface area contributed by atoms with Crippen LogP contribution in [0.3, 0.4) is 0 Å². The smallest absolute Gasteiger partial charge is 0.393 e. The second kappa shape index (κ2) is 17.3. The number of hydrogen-bond donors (Lipinski definition) is 4. The Labute approximate surface area is 372 Å². The van der Waals surface area contributed by atoms with Gasteiger partial charge in [-0.05, 0) is 137 Å². The summed E-state index contributed by atoms with van der Waals surface area (Å²) in [7, 11) is 0. The zero-order valence-electron chi connectivity index (χ0n) is 35.8. The molecule has 1 spiro atoms. The molecule has 2 aromatic heterocycles. The van der Waals surface area contributed by atoms with Crippen molar-refractivity contribution >= 4 is 62.5 Å². The minimum absolute atomic E-state index is 0.0771. The summed E-state index contributed by atoms with van der Waals surface area (Å²) in [6.45, 7) is 7.42. The van der Waals surface area contributed by atoms with Crippen molar-refractivity contribution in [3.63, 3.8) is 0 Å². The van der Waals surface area contributed by atoms with E-state index in [1.54, 1.807) is 30.4 Å². The summed E-state index contributed by atoms with van der Waals surface area (Å²) < 4.78 is 40.8. The van der Waals surface area contributed by atoms with E-state index in [2.05, 4.69) is 25.8 Å². The first kappa shape index (κ1) is 44.0. The van der Waals surface area contributed by atoms with Gasteiger partial charge in [0.05, 0.1) is 32.5 Å². The second-order valence-electron chi connectivity index (χ2n) is 18.7. The Morgan fingerprint density at radius 1 is 0.938 bits per heavy atom. The predicted molar refractivity (Wildman–Crippen MR) is 234 cm³/mol. The molecule has 2 aromatic carbocycles. The Bertz CT molecular complexity index is 2500. The Hall–Kier alpha value is -5.26. The highest BCUT2D eigenvalue weighted by atomic mass is 32.1. The lowest BCUT2D eigenvalue weighted by atomic mass is 9.57. The maximum atomic E-state index is 13.5. The lowest BCUT2D eigenvalue weighted by Crippen LogP contribution is -2.54. The van der Waals surface area contributed by atoms with Crippen LogP contribution in [-0.4, -0.2) is 92.7 Å². The zero-order valence-corrected chi connectivity index (χ0v) is 36.6. The maximum absolute atomic E-state index is 13.5. The molecule has 13 nitrogen and oxygen atoms in total. The molecule has 2 saturated heterocycles. The van der Waals surface area contributed by atoms with Gasteiger partial charge in [0.25, 0.3) is 17.7 Å². The quantitative estimate of drug-likeness (QED) is 0.109. The number of nitrogens with zero attached hydrogens (tertiary/aromatic N) is 4. The summed E-state index contributed by atoms with van der Waals surface area (Å²) in [6, 6.07) is 11.1. The number of carbonyl (C=O) groups excluding carboxylic acids is 5. The first-order valence-corrected chi connectivity index (χ1v) is 23.2. The number of fused-ring (bicyclic) bond motifs is 2. The highest BCUT2D eigenvalue weighted by Gasteiger charge is 2.48. The number of piperidine rings is 2. The van der Waals surface area contributed by atoms with Gasteiger partial charge >= 0.3 is 6.18 Å². The Kier molecular flexibility index (Phi) is 11.9. The van der Waals surface area contributed by atoms with Crippen molar-refractivity contribution in [2.24, 2.45) is 17.3 Å². The third-order valence-corrected chi connectivity index (χ3v) is 15.6. The van der Waals surface area contributed by atoms with Gasteiger partial charge in [0.1, 0.15) is 17.4 Å². The predicted octanol–water partition coefficient (Wildman–Crippen LogP) is 7.73. The van der Waals surface area contributed by atoms with E-state index in [0.717, 1.165) is 103 Å². The molecule has 9 rings (SSSR count). The molecule has 64 heavy (non-hydrogen) atoms. The molecular formula is C47H52F3N7O6S. The summed E-state index contributed by atoms with van der Waals surface area (Å²) in [4.78, 5) is 76.3. The topological polar surface area (TPSA) is 174 Å². The summed E-state index contributed by atoms with van der Waals surface area (Å²) in [5, 5.41) is 20.0. The van der Waals surface area contributed by atoms with Crippen molar-refractivity contribution in [1.82, 2.24) is 25.1 Å². The molecule has 3 atom stereocenters. The van der Waals surface area contributed by atoms with Crippen molar-refractivity contribution in [1.29, 1.82) is 0 Å². The van der Waals surface area contributed by atoms with Gasteiger partial charge in [-0.2, -0.15) is 13.2 Å². The van der Waals surface area contributed by atoms with Crippen LogP contribution in [-0.2, 0) is 15.8 Å². The number of rotatable bonds is 11. The van der Waals surface area contributed by atoms with Crippen LogP contribution in [0.25, 0.3) is 10.2 Å². The Morgan fingerprint density at radius 3 is 2.38 bits per heavy atom. The normalized spacial score (nSPS) is 23.8. The van der Waals surface area contributed by atoms with E-state index in [4.69, 9.17) is 4.98 Å². The fourth-order valence-electron chi connectivity index (χ4n) is 10.6. The summed E-state index contributed by atoms with van der Waals surface area (Å²) >= 11 is 1.58. The van der Waals surface area contributed by atoms with Crippen LogP contribution in [0.5, 0.6) is 0 Å². The summed E-state index contributed by atoms with van der Waals surface area (Å²) in [6.07, 6.45) is 3.58. The minimum Gasteiger partial charge on any atom is -0.393 e. The number of aliphatic hydroxyl groups excluding tert-OH is 1. The molecule has 2 saturated carbocycles. The first-order chi connectivity index (χ1) is 30.6. The molecular weight excluding hydrogens is 848 g/mol. The zero-order chi connectivity index (χ0) is 45.1. The molecule has 4 N–H and O–H groups in total. The maximum Gasteiger partial charge on any atom is 0.433 e. The van der Waals surface area contributed by atoms with Gasteiger partial charge in [-0.1, -0.05) is 19.1 Å². The van der Waals surface area contributed by atoms with Crippen LogP contribution >= 0.6 is 11.3 Å². The Balaban J connectivity index is 0.752. The van der Waals surface area contributed by atoms with E-state index in [0.29, 0.717) is 52.2 Å². The van der Waals surface area contributed by atoms with Gasteiger partial charge in [-0.15, -0.1) is 11.3 Å². The molecule has 5 amide bonds. The number of hydrogen-bond acceptors (Lipinski definition) is 11. The fraction of sp³-hybridized carbons (Fsp3) is 0.511. The first-order valence-electron chi connectivity index (χ1n) is 22.3. The molecule has 4 fully saturated rings. The number of alkyl halides is 3. The number of amides is 5. The molecule has 4 aromatic rings. The van der Waals surface area contributed by atoms with Crippen molar-refractivity contribution in [3.8, 4) is 0 Å². The number of benzene rings is 2.